The molecule has 0 fully saturated rings. The van der Waals surface area contributed by atoms with Crippen LogP contribution >= 0.6 is 0 Å². The first-order valence-corrected chi connectivity index (χ1v) is 23.1. The number of unbranched alkanes of at least 4 members (excludes halogenated alkanes) is 14. The Hall–Kier alpha value is -4.19. The van der Waals surface area contributed by atoms with Gasteiger partial charge in [0.1, 0.15) is 13.2 Å². The highest BCUT2D eigenvalue weighted by Crippen LogP contribution is 2.13. The van der Waals surface area contributed by atoms with Crippen molar-refractivity contribution < 1.29 is 28.6 Å². The van der Waals surface area contributed by atoms with Gasteiger partial charge in [0.25, 0.3) is 0 Å². The van der Waals surface area contributed by atoms with E-state index in [1.807, 2.05) is 72.9 Å². The van der Waals surface area contributed by atoms with Crippen molar-refractivity contribution in [2.75, 3.05) is 13.2 Å². The summed E-state index contributed by atoms with van der Waals surface area (Å²) in [6.45, 7) is 6.24. The van der Waals surface area contributed by atoms with E-state index in [2.05, 4.69) is 69.4 Å². The molecule has 1 atom stereocenters. The number of ether oxygens (including phenoxy) is 3. The van der Waals surface area contributed by atoms with Crippen LogP contribution in [0.5, 0.6) is 0 Å². The van der Waals surface area contributed by atoms with Crippen molar-refractivity contribution in [1.29, 1.82) is 0 Å². The summed E-state index contributed by atoms with van der Waals surface area (Å²) in [6.07, 6.45) is 63.3. The van der Waals surface area contributed by atoms with Gasteiger partial charge in [0, 0.05) is 19.3 Å². The van der Waals surface area contributed by atoms with Crippen LogP contribution < -0.4 is 0 Å². The predicted octanol–water partition coefficient (Wildman–Crippen LogP) is 15.0. The number of allylic oxidation sites excluding steroid dienone is 20. The summed E-state index contributed by atoms with van der Waals surface area (Å²) in [5.74, 6) is -1.03. The van der Waals surface area contributed by atoms with Gasteiger partial charge in [0.15, 0.2) is 6.10 Å². The third-order valence-corrected chi connectivity index (χ3v) is 9.16. The fraction of sp³-hybridized carbons (Fsp3) is 0.566. The summed E-state index contributed by atoms with van der Waals surface area (Å²) in [4.78, 5) is 37.7. The van der Waals surface area contributed by atoms with Gasteiger partial charge in [-0.05, 0) is 64.2 Å². The lowest BCUT2D eigenvalue weighted by Crippen LogP contribution is -2.30. The van der Waals surface area contributed by atoms with Crippen LogP contribution in [-0.4, -0.2) is 37.2 Å². The molecule has 0 amide bonds. The molecule has 0 saturated heterocycles. The van der Waals surface area contributed by atoms with Gasteiger partial charge >= 0.3 is 17.9 Å². The Morgan fingerprint density at radius 3 is 1.27 bits per heavy atom. The van der Waals surface area contributed by atoms with Gasteiger partial charge in [-0.25, -0.2) is 0 Å². The zero-order valence-corrected chi connectivity index (χ0v) is 37.5. The van der Waals surface area contributed by atoms with Crippen LogP contribution in [0.4, 0.5) is 0 Å². The highest BCUT2D eigenvalue weighted by Gasteiger charge is 2.19. The Morgan fingerprint density at radius 2 is 0.763 bits per heavy atom. The van der Waals surface area contributed by atoms with Crippen molar-refractivity contribution in [3.8, 4) is 0 Å². The Balaban J connectivity index is 4.54. The van der Waals surface area contributed by atoms with Crippen molar-refractivity contribution in [3.63, 3.8) is 0 Å². The molecule has 0 aromatic rings. The molecule has 0 aliphatic carbocycles. The minimum absolute atomic E-state index is 0.116. The molecule has 6 heteroatoms. The summed E-state index contributed by atoms with van der Waals surface area (Å²) in [5.41, 5.74) is 0. The van der Waals surface area contributed by atoms with E-state index in [0.29, 0.717) is 19.3 Å². The number of carbonyl (C=O) groups excluding carboxylic acids is 3. The van der Waals surface area contributed by atoms with Gasteiger partial charge in [-0.3, -0.25) is 14.4 Å². The molecule has 0 radical (unpaired) electrons. The maximum atomic E-state index is 12.7. The normalized spacial score (nSPS) is 13.2. The quantitative estimate of drug-likeness (QED) is 0.0202. The molecule has 0 heterocycles. The molecule has 0 bridgehead atoms. The second-order valence-electron chi connectivity index (χ2n) is 14.7. The average Bonchev–Trinajstić information content (AvgIpc) is 3.23. The molecular weight excluding hydrogens is 733 g/mol. The SMILES string of the molecule is CC\C=C/C=C\C=C/C=C\C=C\C=C/C=C\CCCCCC(=O)OCC(COC(=O)CCCCCCCCCCCCC)OC(=O)CCC/C=C\C/C=C\C/C=C\CC. The van der Waals surface area contributed by atoms with Gasteiger partial charge in [-0.2, -0.15) is 0 Å². The second-order valence-corrected chi connectivity index (χ2v) is 14.7. The Kier molecular flexibility index (Phi) is 43.2. The van der Waals surface area contributed by atoms with Crippen LogP contribution in [0, 0.1) is 0 Å². The minimum atomic E-state index is -0.823. The number of carbonyl (C=O) groups is 3. The Morgan fingerprint density at radius 1 is 0.373 bits per heavy atom. The van der Waals surface area contributed by atoms with E-state index in [1.54, 1.807) is 0 Å². The molecule has 0 spiro atoms. The molecule has 0 aromatic heterocycles. The van der Waals surface area contributed by atoms with Crippen LogP contribution in [0.2, 0.25) is 0 Å². The van der Waals surface area contributed by atoms with E-state index in [0.717, 1.165) is 77.0 Å². The first kappa shape index (κ1) is 54.8. The van der Waals surface area contributed by atoms with Gasteiger partial charge in [0.2, 0.25) is 0 Å². The molecule has 0 N–H and O–H groups in total. The minimum Gasteiger partial charge on any atom is -0.462 e. The Labute approximate surface area is 361 Å². The summed E-state index contributed by atoms with van der Waals surface area (Å²) in [5, 5.41) is 0. The average molecular weight is 815 g/mol. The molecular formula is C53H82O6. The standard InChI is InChI=1S/C53H82O6/c1-4-7-10-13-16-19-22-23-24-25-26-27-28-29-32-34-37-40-43-46-52(55)58-49-50(59-53(56)47-44-41-38-35-31-21-18-15-12-9-6-3)48-57-51(54)45-42-39-36-33-30-20-17-14-11-8-5-2/h7,9-10,12-13,16,18-19,21-29,32,35,38,50H,4-6,8,11,14-15,17,20,30-31,33-34,36-37,39-49H2,1-3H3/b10-7-,12-9-,16-13-,21-18-,22-19-,24-23-,26-25+,28-27-,32-29-,38-35-. The zero-order valence-electron chi connectivity index (χ0n) is 37.5. The van der Waals surface area contributed by atoms with E-state index < -0.39 is 6.10 Å². The second kappa shape index (κ2) is 46.5. The van der Waals surface area contributed by atoms with Gasteiger partial charge in [0.05, 0.1) is 0 Å². The fourth-order valence-corrected chi connectivity index (χ4v) is 5.74. The highest BCUT2D eigenvalue weighted by molar-refractivity contribution is 5.71. The molecule has 0 rings (SSSR count). The van der Waals surface area contributed by atoms with E-state index >= 15 is 0 Å². The summed E-state index contributed by atoms with van der Waals surface area (Å²) in [6, 6.07) is 0. The number of hydrogen-bond donors (Lipinski definition) is 0. The van der Waals surface area contributed by atoms with Gasteiger partial charge < -0.3 is 14.2 Å². The molecule has 0 aliphatic heterocycles. The van der Waals surface area contributed by atoms with Crippen LogP contribution in [0.15, 0.2) is 122 Å². The largest absolute Gasteiger partial charge is 0.462 e. The third-order valence-electron chi connectivity index (χ3n) is 9.16. The zero-order chi connectivity index (χ0) is 43.0. The predicted molar refractivity (Wildman–Crippen MR) is 251 cm³/mol. The topological polar surface area (TPSA) is 78.9 Å². The maximum absolute atomic E-state index is 12.7. The van der Waals surface area contributed by atoms with Crippen molar-refractivity contribution in [2.45, 2.75) is 181 Å². The first-order chi connectivity index (χ1) is 29.0. The third kappa shape index (κ3) is 44.8. The van der Waals surface area contributed by atoms with Crippen LogP contribution in [0.1, 0.15) is 175 Å². The van der Waals surface area contributed by atoms with E-state index in [4.69, 9.17) is 14.2 Å². The van der Waals surface area contributed by atoms with Crippen LogP contribution in [-0.2, 0) is 28.6 Å². The molecule has 1 unspecified atom stereocenters. The first-order valence-electron chi connectivity index (χ1n) is 23.1. The van der Waals surface area contributed by atoms with Crippen LogP contribution in [0.3, 0.4) is 0 Å². The van der Waals surface area contributed by atoms with Gasteiger partial charge in [-0.15, -0.1) is 0 Å². The molecule has 6 nitrogen and oxygen atoms in total. The lowest BCUT2D eigenvalue weighted by molar-refractivity contribution is -0.167. The highest BCUT2D eigenvalue weighted by atomic mass is 16.6. The van der Waals surface area contributed by atoms with E-state index in [9.17, 15) is 14.4 Å². The summed E-state index contributed by atoms with van der Waals surface area (Å²) in [7, 11) is 0. The van der Waals surface area contributed by atoms with Crippen LogP contribution in [0.25, 0.3) is 0 Å². The molecule has 0 aliphatic rings. The van der Waals surface area contributed by atoms with E-state index in [1.165, 1.54) is 51.4 Å². The lowest BCUT2D eigenvalue weighted by Gasteiger charge is -2.18. The van der Waals surface area contributed by atoms with E-state index in [-0.39, 0.29) is 37.5 Å². The monoisotopic (exact) mass is 815 g/mol. The molecule has 0 saturated carbocycles. The molecule has 59 heavy (non-hydrogen) atoms. The number of hydrogen-bond acceptors (Lipinski definition) is 6. The van der Waals surface area contributed by atoms with Crippen molar-refractivity contribution >= 4 is 17.9 Å². The maximum Gasteiger partial charge on any atom is 0.306 e. The number of esters is 3. The lowest BCUT2D eigenvalue weighted by atomic mass is 10.1. The van der Waals surface area contributed by atoms with Crippen molar-refractivity contribution in [2.24, 2.45) is 0 Å². The van der Waals surface area contributed by atoms with Crippen molar-refractivity contribution in [1.82, 2.24) is 0 Å². The Bertz CT molecular complexity index is 1300. The summed E-state index contributed by atoms with van der Waals surface area (Å²) >= 11 is 0. The smallest absolute Gasteiger partial charge is 0.306 e. The molecule has 330 valence electrons. The van der Waals surface area contributed by atoms with Gasteiger partial charge in [-0.1, -0.05) is 213 Å². The fourth-order valence-electron chi connectivity index (χ4n) is 5.74. The number of rotatable bonds is 39. The molecule has 0 aromatic carbocycles. The van der Waals surface area contributed by atoms with Crippen molar-refractivity contribution in [3.05, 3.63) is 122 Å². The summed E-state index contributed by atoms with van der Waals surface area (Å²) < 4.78 is 16.6.